The Labute approximate surface area is 134 Å². The van der Waals surface area contributed by atoms with Crippen LogP contribution in [0.2, 0.25) is 0 Å². The van der Waals surface area contributed by atoms with E-state index in [1.807, 2.05) is 6.07 Å². The van der Waals surface area contributed by atoms with Crippen LogP contribution in [0.5, 0.6) is 0 Å². The van der Waals surface area contributed by atoms with E-state index in [2.05, 4.69) is 26.2 Å². The second-order valence-corrected chi connectivity index (χ2v) is 7.76. The summed E-state index contributed by atoms with van der Waals surface area (Å²) in [6.45, 7) is 0. The molecule has 5 nitrogen and oxygen atoms in total. The first-order valence-electron chi connectivity index (χ1n) is 6.87. The van der Waals surface area contributed by atoms with Crippen LogP contribution in [0.15, 0.2) is 16.0 Å². The molecule has 0 spiro atoms. The monoisotopic (exact) mass is 369 g/mol. The highest BCUT2D eigenvalue weighted by Crippen LogP contribution is 2.36. The second kappa shape index (κ2) is 5.90. The van der Waals surface area contributed by atoms with Gasteiger partial charge in [0.15, 0.2) is 0 Å². The van der Waals surface area contributed by atoms with Crippen molar-refractivity contribution in [1.82, 2.24) is 4.98 Å². The predicted molar refractivity (Wildman–Crippen MR) is 87.7 cm³/mol. The van der Waals surface area contributed by atoms with Crippen molar-refractivity contribution < 1.29 is 9.90 Å². The van der Waals surface area contributed by atoms with Crippen molar-refractivity contribution in [2.45, 2.75) is 37.8 Å². The Morgan fingerprint density at radius 1 is 1.43 bits per heavy atom. The standard InChI is InChI=1S/C14H16BrN3O2S/c15-11-5-9-12(21-11)10(13(16)20)6-17-14(9)18-7-1-3-8(19)4-2-7/h5-8,19H,1-4H2,(H2,16,20)(H,17,18). The van der Waals surface area contributed by atoms with Gasteiger partial charge in [-0.2, -0.15) is 0 Å². The Morgan fingerprint density at radius 2 is 2.14 bits per heavy atom. The number of aliphatic hydroxyl groups excluding tert-OH is 1. The number of pyridine rings is 1. The van der Waals surface area contributed by atoms with Crippen LogP contribution >= 0.6 is 27.3 Å². The van der Waals surface area contributed by atoms with Gasteiger partial charge in [0.2, 0.25) is 0 Å². The van der Waals surface area contributed by atoms with Gasteiger partial charge >= 0.3 is 0 Å². The number of nitrogens with two attached hydrogens (primary N) is 1. The number of aromatic nitrogens is 1. The number of nitrogens with one attached hydrogen (secondary N) is 1. The molecule has 3 rings (SSSR count). The highest BCUT2D eigenvalue weighted by molar-refractivity contribution is 9.11. The molecule has 7 heteroatoms. The molecule has 0 aliphatic heterocycles. The minimum absolute atomic E-state index is 0.177. The third-order valence-corrected chi connectivity index (χ3v) is 5.50. The molecule has 0 saturated heterocycles. The van der Waals surface area contributed by atoms with Crippen LogP contribution in [0.25, 0.3) is 10.1 Å². The lowest BCUT2D eigenvalue weighted by Crippen LogP contribution is -2.28. The first kappa shape index (κ1) is 14.7. The van der Waals surface area contributed by atoms with Crippen molar-refractivity contribution in [3.63, 3.8) is 0 Å². The molecule has 1 saturated carbocycles. The number of amides is 1. The number of halogens is 1. The quantitative estimate of drug-likeness (QED) is 0.775. The number of carbonyl (C=O) groups excluding carboxylic acids is 1. The van der Waals surface area contributed by atoms with Gasteiger partial charge in [0.05, 0.1) is 20.2 Å². The van der Waals surface area contributed by atoms with Gasteiger partial charge in [-0.05, 0) is 47.7 Å². The highest BCUT2D eigenvalue weighted by atomic mass is 79.9. The van der Waals surface area contributed by atoms with Gasteiger partial charge in [0.25, 0.3) is 5.91 Å². The number of nitrogens with zero attached hydrogens (tertiary/aromatic N) is 1. The van der Waals surface area contributed by atoms with Crippen LogP contribution in [0.1, 0.15) is 36.0 Å². The zero-order chi connectivity index (χ0) is 15.0. The van der Waals surface area contributed by atoms with Gasteiger partial charge in [-0.3, -0.25) is 4.79 Å². The van der Waals surface area contributed by atoms with E-state index in [0.717, 1.165) is 45.4 Å². The lowest BCUT2D eigenvalue weighted by atomic mass is 9.93. The first-order chi connectivity index (χ1) is 10.0. The zero-order valence-electron chi connectivity index (χ0n) is 11.3. The van der Waals surface area contributed by atoms with Gasteiger partial charge in [-0.15, -0.1) is 11.3 Å². The van der Waals surface area contributed by atoms with E-state index >= 15 is 0 Å². The normalized spacial score (nSPS) is 22.4. The molecule has 0 bridgehead atoms. The van der Waals surface area contributed by atoms with Gasteiger partial charge in [0.1, 0.15) is 5.82 Å². The molecule has 1 aliphatic carbocycles. The smallest absolute Gasteiger partial charge is 0.251 e. The molecular weight excluding hydrogens is 354 g/mol. The minimum atomic E-state index is -0.464. The molecule has 2 aromatic heterocycles. The second-order valence-electron chi connectivity index (χ2n) is 5.33. The van der Waals surface area contributed by atoms with Crippen LogP contribution in [-0.4, -0.2) is 28.1 Å². The molecule has 0 atom stereocenters. The van der Waals surface area contributed by atoms with Gasteiger partial charge < -0.3 is 16.2 Å². The molecule has 1 fully saturated rings. The fourth-order valence-electron chi connectivity index (χ4n) is 2.70. The molecule has 0 radical (unpaired) electrons. The molecule has 21 heavy (non-hydrogen) atoms. The van der Waals surface area contributed by atoms with E-state index in [9.17, 15) is 9.90 Å². The van der Waals surface area contributed by atoms with E-state index in [0.29, 0.717) is 11.6 Å². The largest absolute Gasteiger partial charge is 0.393 e. The topological polar surface area (TPSA) is 88.2 Å². The fraction of sp³-hybridized carbons (Fsp3) is 0.429. The van der Waals surface area contributed by atoms with E-state index in [1.165, 1.54) is 17.5 Å². The molecule has 112 valence electrons. The molecule has 2 heterocycles. The number of hydrogen-bond donors (Lipinski definition) is 3. The maximum absolute atomic E-state index is 11.5. The number of anilines is 1. The van der Waals surface area contributed by atoms with Crippen LogP contribution < -0.4 is 11.1 Å². The summed E-state index contributed by atoms with van der Waals surface area (Å²) in [4.78, 5) is 15.9. The van der Waals surface area contributed by atoms with Crippen molar-refractivity contribution >= 4 is 49.1 Å². The molecule has 1 amide bonds. The fourth-order valence-corrected chi connectivity index (χ4v) is 4.31. The summed E-state index contributed by atoms with van der Waals surface area (Å²) >= 11 is 4.93. The number of thiophene rings is 1. The Bertz CT molecular complexity index is 680. The Hall–Kier alpha value is -1.18. The zero-order valence-corrected chi connectivity index (χ0v) is 13.7. The van der Waals surface area contributed by atoms with Crippen molar-refractivity contribution in [2.75, 3.05) is 5.32 Å². The summed E-state index contributed by atoms with van der Waals surface area (Å²) < 4.78 is 1.79. The van der Waals surface area contributed by atoms with E-state index < -0.39 is 5.91 Å². The van der Waals surface area contributed by atoms with Gasteiger partial charge in [-0.25, -0.2) is 4.98 Å². The summed E-state index contributed by atoms with van der Waals surface area (Å²) in [5.74, 6) is 0.313. The van der Waals surface area contributed by atoms with E-state index in [-0.39, 0.29) is 6.10 Å². The summed E-state index contributed by atoms with van der Waals surface area (Å²) in [6.07, 6.45) is 4.83. The molecule has 0 unspecified atom stereocenters. The van der Waals surface area contributed by atoms with Crippen LogP contribution in [-0.2, 0) is 0 Å². The van der Waals surface area contributed by atoms with Crippen LogP contribution in [0, 0.1) is 0 Å². The number of hydrogen-bond acceptors (Lipinski definition) is 5. The third-order valence-electron chi connectivity index (χ3n) is 3.83. The van der Waals surface area contributed by atoms with Crippen LogP contribution in [0.4, 0.5) is 5.82 Å². The summed E-state index contributed by atoms with van der Waals surface area (Å²) in [6, 6.07) is 2.27. The minimum Gasteiger partial charge on any atom is -0.393 e. The van der Waals surface area contributed by atoms with Crippen LogP contribution in [0.3, 0.4) is 0 Å². The van der Waals surface area contributed by atoms with E-state index in [1.54, 1.807) is 0 Å². The SMILES string of the molecule is NC(=O)c1cnc(NC2CCC(O)CC2)c2cc(Br)sc12. The number of primary amides is 1. The number of rotatable bonds is 3. The number of fused-ring (bicyclic) bond motifs is 1. The highest BCUT2D eigenvalue weighted by Gasteiger charge is 2.21. The summed E-state index contributed by atoms with van der Waals surface area (Å²) in [5.41, 5.74) is 5.85. The van der Waals surface area contributed by atoms with Crippen molar-refractivity contribution in [3.05, 3.63) is 21.6 Å². The Balaban J connectivity index is 1.92. The lowest BCUT2D eigenvalue weighted by molar-refractivity contribution is 0.100. The first-order valence-corrected chi connectivity index (χ1v) is 8.48. The lowest BCUT2D eigenvalue weighted by Gasteiger charge is -2.26. The Morgan fingerprint density at radius 3 is 2.81 bits per heavy atom. The summed E-state index contributed by atoms with van der Waals surface area (Å²) in [7, 11) is 0. The third kappa shape index (κ3) is 3.04. The number of carbonyl (C=O) groups is 1. The molecule has 1 aliphatic rings. The van der Waals surface area contributed by atoms with Crippen molar-refractivity contribution in [1.29, 1.82) is 0 Å². The van der Waals surface area contributed by atoms with Gasteiger partial charge in [0, 0.05) is 17.6 Å². The predicted octanol–water partition coefficient (Wildman–Crippen LogP) is 2.87. The average molecular weight is 370 g/mol. The van der Waals surface area contributed by atoms with Crippen molar-refractivity contribution in [3.8, 4) is 0 Å². The molecule has 2 aromatic rings. The number of aliphatic hydroxyl groups is 1. The van der Waals surface area contributed by atoms with Crippen molar-refractivity contribution in [2.24, 2.45) is 5.73 Å². The average Bonchev–Trinajstić information content (AvgIpc) is 2.83. The van der Waals surface area contributed by atoms with Gasteiger partial charge in [-0.1, -0.05) is 0 Å². The maximum Gasteiger partial charge on any atom is 0.251 e. The maximum atomic E-state index is 11.5. The Kier molecular flexibility index (Phi) is 4.14. The molecule has 0 aromatic carbocycles. The van der Waals surface area contributed by atoms with E-state index in [4.69, 9.17) is 5.73 Å². The summed E-state index contributed by atoms with van der Waals surface area (Å²) in [5, 5.41) is 13.9. The molecule has 4 N–H and O–H groups in total. The molecular formula is C14H16BrN3O2S.